The Bertz CT molecular complexity index is 604. The van der Waals surface area contributed by atoms with Crippen LogP contribution in [-0.4, -0.2) is 74.8 Å². The molecule has 2 aliphatic heterocycles. The molecular weight excluding hydrogens is 314 g/mol. The highest BCUT2D eigenvalue weighted by atomic mass is 16.1. The Morgan fingerprint density at radius 3 is 2.64 bits per heavy atom. The molecule has 25 heavy (non-hydrogen) atoms. The van der Waals surface area contributed by atoms with E-state index in [0.717, 1.165) is 75.6 Å². The Labute approximate surface area is 150 Å². The summed E-state index contributed by atoms with van der Waals surface area (Å²) in [5, 5.41) is 15.1. The number of nitrogens with one attached hydrogen (secondary N) is 3. The van der Waals surface area contributed by atoms with Crippen LogP contribution in [0.15, 0.2) is 18.2 Å². The summed E-state index contributed by atoms with van der Waals surface area (Å²) in [4.78, 5) is 15.8. The average Bonchev–Trinajstić information content (AvgIpc) is 2.68. The van der Waals surface area contributed by atoms with E-state index in [4.69, 9.17) is 5.41 Å². The third-order valence-electron chi connectivity index (χ3n) is 5.36. The summed E-state index contributed by atoms with van der Waals surface area (Å²) < 4.78 is 0. The molecule has 0 bridgehead atoms. The summed E-state index contributed by atoms with van der Waals surface area (Å²) >= 11 is 0. The predicted octanol–water partition coefficient (Wildman–Crippen LogP) is 1.48. The molecule has 0 aromatic heterocycles. The van der Waals surface area contributed by atoms with Gasteiger partial charge in [-0.1, -0.05) is 0 Å². The zero-order valence-corrected chi connectivity index (χ0v) is 15.1. The molecular formula is C19H29N5O. The minimum absolute atomic E-state index is 0.522. The first kappa shape index (κ1) is 17.9. The fourth-order valence-electron chi connectivity index (χ4n) is 3.82. The van der Waals surface area contributed by atoms with Crippen LogP contribution in [0.3, 0.4) is 0 Å². The molecule has 2 aliphatic rings. The third-order valence-corrected chi connectivity index (χ3v) is 5.36. The zero-order valence-electron chi connectivity index (χ0n) is 15.1. The Balaban J connectivity index is 1.58. The van der Waals surface area contributed by atoms with Gasteiger partial charge in [0.15, 0.2) is 0 Å². The van der Waals surface area contributed by atoms with Crippen molar-refractivity contribution in [2.75, 3.05) is 58.2 Å². The van der Waals surface area contributed by atoms with Crippen LogP contribution in [0.4, 0.5) is 5.69 Å². The maximum Gasteiger partial charge on any atom is 0.150 e. The van der Waals surface area contributed by atoms with Gasteiger partial charge in [0, 0.05) is 69.7 Å². The van der Waals surface area contributed by atoms with Crippen molar-refractivity contribution in [3.63, 3.8) is 0 Å². The molecule has 0 radical (unpaired) electrons. The number of piperazine rings is 1. The fourth-order valence-corrected chi connectivity index (χ4v) is 3.82. The van der Waals surface area contributed by atoms with Gasteiger partial charge in [-0.15, -0.1) is 0 Å². The predicted molar refractivity (Wildman–Crippen MR) is 102 cm³/mol. The first-order chi connectivity index (χ1) is 12.2. The summed E-state index contributed by atoms with van der Waals surface area (Å²) in [7, 11) is 1.85. The number of hydrogen-bond donors (Lipinski definition) is 3. The van der Waals surface area contributed by atoms with Crippen molar-refractivity contribution in [1.29, 1.82) is 5.41 Å². The highest BCUT2D eigenvalue weighted by molar-refractivity contribution is 6.02. The maximum absolute atomic E-state index is 11.1. The van der Waals surface area contributed by atoms with Gasteiger partial charge >= 0.3 is 0 Å². The number of benzene rings is 1. The fraction of sp³-hybridized carbons (Fsp3) is 0.579. The van der Waals surface area contributed by atoms with Crippen LogP contribution >= 0.6 is 0 Å². The van der Waals surface area contributed by atoms with E-state index in [0.29, 0.717) is 11.4 Å². The highest BCUT2D eigenvalue weighted by Crippen LogP contribution is 2.23. The van der Waals surface area contributed by atoms with E-state index in [1.165, 1.54) is 6.54 Å². The van der Waals surface area contributed by atoms with Crippen LogP contribution in [0, 0.1) is 11.3 Å². The monoisotopic (exact) mass is 343 g/mol. The molecule has 6 nitrogen and oxygen atoms in total. The number of hydrogen-bond acceptors (Lipinski definition) is 5. The van der Waals surface area contributed by atoms with Crippen molar-refractivity contribution < 1.29 is 4.79 Å². The van der Waals surface area contributed by atoms with Gasteiger partial charge in [-0.3, -0.25) is 10.2 Å². The lowest BCUT2D eigenvalue weighted by molar-refractivity contribution is 0.112. The van der Waals surface area contributed by atoms with E-state index >= 15 is 0 Å². The molecule has 3 rings (SSSR count). The smallest absolute Gasteiger partial charge is 0.150 e. The quantitative estimate of drug-likeness (QED) is 0.429. The maximum atomic E-state index is 11.1. The van der Waals surface area contributed by atoms with Crippen LogP contribution in [0.5, 0.6) is 0 Å². The molecule has 0 aliphatic carbocycles. The molecule has 1 aromatic carbocycles. The number of anilines is 1. The molecule has 136 valence electrons. The largest absolute Gasteiger partial charge is 0.388 e. The lowest BCUT2D eigenvalue weighted by Crippen LogP contribution is -2.47. The number of likely N-dealkylation sites (tertiary alicyclic amines) is 1. The molecule has 0 amide bonds. The lowest BCUT2D eigenvalue weighted by Gasteiger charge is -2.37. The lowest BCUT2D eigenvalue weighted by atomic mass is 9.95. The summed E-state index contributed by atoms with van der Waals surface area (Å²) in [6, 6.07) is 5.48. The summed E-state index contributed by atoms with van der Waals surface area (Å²) in [5.74, 6) is 1.25. The Morgan fingerprint density at radius 2 is 2.00 bits per heavy atom. The van der Waals surface area contributed by atoms with Crippen molar-refractivity contribution in [3.8, 4) is 0 Å². The second-order valence-corrected chi connectivity index (χ2v) is 7.00. The van der Waals surface area contributed by atoms with Crippen LogP contribution in [0.25, 0.3) is 0 Å². The first-order valence-corrected chi connectivity index (χ1v) is 9.25. The van der Waals surface area contributed by atoms with Gasteiger partial charge < -0.3 is 20.4 Å². The van der Waals surface area contributed by atoms with E-state index in [1.807, 2.05) is 19.2 Å². The van der Waals surface area contributed by atoms with Crippen molar-refractivity contribution >= 4 is 17.8 Å². The van der Waals surface area contributed by atoms with Gasteiger partial charge in [0.2, 0.25) is 0 Å². The third kappa shape index (κ3) is 4.38. The minimum atomic E-state index is 0.522. The summed E-state index contributed by atoms with van der Waals surface area (Å²) in [6.45, 7) is 7.53. The highest BCUT2D eigenvalue weighted by Gasteiger charge is 2.24. The normalized spacial score (nSPS) is 19.6. The molecule has 2 saturated heterocycles. The van der Waals surface area contributed by atoms with Gasteiger partial charge in [0.05, 0.1) is 0 Å². The van der Waals surface area contributed by atoms with Gasteiger partial charge in [0.1, 0.15) is 12.1 Å². The van der Waals surface area contributed by atoms with Crippen LogP contribution in [0.2, 0.25) is 0 Å². The van der Waals surface area contributed by atoms with E-state index in [9.17, 15) is 4.79 Å². The van der Waals surface area contributed by atoms with Crippen molar-refractivity contribution in [2.45, 2.75) is 12.8 Å². The number of rotatable bonds is 5. The molecule has 1 aromatic rings. The van der Waals surface area contributed by atoms with E-state index in [2.05, 4.69) is 20.4 Å². The molecule has 2 fully saturated rings. The standard InChI is InChI=1S/C19H29N5O/c1-21-18-3-2-16(14-25)12-17(18)19(20)24-8-4-15(5-9-24)13-23-10-6-22-7-11-23/h2-3,12,14-15,20-22H,4-11,13H2,1H3. The Hall–Kier alpha value is -1.92. The molecule has 2 heterocycles. The Morgan fingerprint density at radius 1 is 1.28 bits per heavy atom. The van der Waals surface area contributed by atoms with Crippen molar-refractivity contribution in [2.24, 2.45) is 5.92 Å². The number of piperidine rings is 1. The van der Waals surface area contributed by atoms with E-state index in [1.54, 1.807) is 6.07 Å². The SMILES string of the molecule is CNc1ccc(C=O)cc1C(=N)N1CCC(CN2CCNCC2)CC1. The minimum Gasteiger partial charge on any atom is -0.388 e. The van der Waals surface area contributed by atoms with Crippen molar-refractivity contribution in [3.05, 3.63) is 29.3 Å². The summed E-state index contributed by atoms with van der Waals surface area (Å²) in [6.07, 6.45) is 3.11. The molecule has 6 heteroatoms. The number of aldehydes is 1. The Kier molecular flexibility index (Phi) is 6.04. The van der Waals surface area contributed by atoms with Crippen LogP contribution in [-0.2, 0) is 0 Å². The molecule has 0 spiro atoms. The molecule has 0 saturated carbocycles. The molecule has 0 unspecified atom stereocenters. The number of carbonyl (C=O) groups is 1. The van der Waals surface area contributed by atoms with Gasteiger partial charge in [0.25, 0.3) is 0 Å². The van der Waals surface area contributed by atoms with E-state index in [-0.39, 0.29) is 0 Å². The first-order valence-electron chi connectivity index (χ1n) is 9.25. The zero-order chi connectivity index (χ0) is 17.6. The van der Waals surface area contributed by atoms with Gasteiger partial charge in [-0.2, -0.15) is 0 Å². The van der Waals surface area contributed by atoms with Crippen LogP contribution in [0.1, 0.15) is 28.8 Å². The summed E-state index contributed by atoms with van der Waals surface area (Å²) in [5.41, 5.74) is 2.33. The topological polar surface area (TPSA) is 71.5 Å². The van der Waals surface area contributed by atoms with Crippen LogP contribution < -0.4 is 10.6 Å². The van der Waals surface area contributed by atoms with Gasteiger partial charge in [-0.25, -0.2) is 0 Å². The van der Waals surface area contributed by atoms with E-state index < -0.39 is 0 Å². The molecule has 0 atom stereocenters. The second kappa shape index (κ2) is 8.45. The van der Waals surface area contributed by atoms with Crippen molar-refractivity contribution in [1.82, 2.24) is 15.1 Å². The average molecular weight is 343 g/mol. The second-order valence-electron chi connectivity index (χ2n) is 7.00. The number of carbonyl (C=O) groups excluding carboxylic acids is 1. The number of nitrogens with zero attached hydrogens (tertiary/aromatic N) is 2. The number of amidine groups is 1. The van der Waals surface area contributed by atoms with Gasteiger partial charge in [-0.05, 0) is 37.0 Å². The molecule has 3 N–H and O–H groups in total.